The minimum atomic E-state index is -0.673. The average Bonchev–Trinajstić information content (AvgIpc) is 2.63. The van der Waals surface area contributed by atoms with Crippen molar-refractivity contribution in [2.24, 2.45) is 5.73 Å². The predicted octanol–water partition coefficient (Wildman–Crippen LogP) is 2.87. The molecule has 1 aliphatic heterocycles. The number of hydrogen-bond donors (Lipinski definition) is 2. The van der Waals surface area contributed by atoms with Gasteiger partial charge in [0, 0.05) is 17.3 Å². The summed E-state index contributed by atoms with van der Waals surface area (Å²) in [5, 5.41) is 4.01. The number of primary amides is 1. The van der Waals surface area contributed by atoms with Crippen LogP contribution in [0.4, 0.5) is 5.69 Å². The maximum atomic E-state index is 12.1. The molecule has 1 amide bonds. The smallest absolute Gasteiger partial charge is 0.243 e. The fourth-order valence-corrected chi connectivity index (χ4v) is 3.20. The third-order valence-electron chi connectivity index (χ3n) is 4.15. The molecule has 1 aliphatic rings. The molecule has 3 N–H and O–H groups in total. The fraction of sp³-hybridized carbons (Fsp3) is 0.562. The first-order valence-electron chi connectivity index (χ1n) is 7.62. The monoisotopic (exact) mass is 309 g/mol. The maximum absolute atomic E-state index is 12.1. The second-order valence-corrected chi connectivity index (χ2v) is 6.21. The van der Waals surface area contributed by atoms with E-state index in [2.05, 4.69) is 17.1 Å². The lowest BCUT2D eigenvalue weighted by Crippen LogP contribution is -2.51. The number of anilines is 1. The highest BCUT2D eigenvalue weighted by atomic mass is 35.5. The molecular formula is C16H24ClN3O. The molecule has 0 radical (unpaired) electrons. The molecule has 0 bridgehead atoms. The van der Waals surface area contributed by atoms with E-state index in [0.717, 1.165) is 51.0 Å². The Morgan fingerprint density at radius 2 is 2.24 bits per heavy atom. The Bertz CT molecular complexity index is 494. The number of nitrogens with one attached hydrogen (secondary N) is 1. The summed E-state index contributed by atoms with van der Waals surface area (Å²) in [6.07, 6.45) is 3.59. The van der Waals surface area contributed by atoms with Crippen molar-refractivity contribution in [2.75, 3.05) is 25.0 Å². The van der Waals surface area contributed by atoms with Crippen molar-refractivity contribution in [3.63, 3.8) is 0 Å². The van der Waals surface area contributed by atoms with Crippen molar-refractivity contribution in [3.05, 3.63) is 29.3 Å². The first kappa shape index (κ1) is 16.1. The summed E-state index contributed by atoms with van der Waals surface area (Å²) >= 11 is 6.02. The Labute approximate surface area is 131 Å². The number of amides is 1. The molecule has 1 fully saturated rings. The Kier molecular flexibility index (Phi) is 5.48. The fourth-order valence-electron chi connectivity index (χ4n) is 3.01. The van der Waals surface area contributed by atoms with Gasteiger partial charge >= 0.3 is 0 Å². The summed E-state index contributed by atoms with van der Waals surface area (Å²) in [6.45, 7) is 5.17. The molecule has 0 aliphatic carbocycles. The third kappa shape index (κ3) is 4.11. The van der Waals surface area contributed by atoms with Crippen molar-refractivity contribution >= 4 is 23.2 Å². The Hall–Kier alpha value is -1.26. The molecule has 2 rings (SSSR count). The van der Waals surface area contributed by atoms with Crippen LogP contribution < -0.4 is 11.1 Å². The van der Waals surface area contributed by atoms with Crippen molar-refractivity contribution in [2.45, 2.75) is 38.1 Å². The first-order valence-corrected chi connectivity index (χ1v) is 7.99. The van der Waals surface area contributed by atoms with Gasteiger partial charge in [0.1, 0.15) is 5.54 Å². The SMILES string of the molecule is CCCN1CCCC(Nc2cccc(Cl)c2)(C(N)=O)CC1. The van der Waals surface area contributed by atoms with Crippen molar-refractivity contribution < 1.29 is 4.79 Å². The van der Waals surface area contributed by atoms with E-state index in [1.54, 1.807) is 0 Å². The predicted molar refractivity (Wildman–Crippen MR) is 87.6 cm³/mol. The van der Waals surface area contributed by atoms with Crippen molar-refractivity contribution in [1.29, 1.82) is 0 Å². The lowest BCUT2D eigenvalue weighted by molar-refractivity contribution is -0.122. The molecule has 4 nitrogen and oxygen atoms in total. The molecular weight excluding hydrogens is 286 g/mol. The molecule has 1 heterocycles. The molecule has 21 heavy (non-hydrogen) atoms. The zero-order valence-electron chi connectivity index (χ0n) is 12.6. The summed E-state index contributed by atoms with van der Waals surface area (Å²) in [4.78, 5) is 14.5. The van der Waals surface area contributed by atoms with E-state index in [1.165, 1.54) is 0 Å². The third-order valence-corrected chi connectivity index (χ3v) is 4.39. The van der Waals surface area contributed by atoms with Crippen LogP contribution in [0.15, 0.2) is 24.3 Å². The molecule has 1 unspecified atom stereocenters. The van der Waals surface area contributed by atoms with Gasteiger partial charge in [-0.3, -0.25) is 4.79 Å². The van der Waals surface area contributed by atoms with Crippen molar-refractivity contribution in [3.8, 4) is 0 Å². The van der Waals surface area contributed by atoms with Crippen molar-refractivity contribution in [1.82, 2.24) is 4.90 Å². The summed E-state index contributed by atoms with van der Waals surface area (Å²) in [5.74, 6) is -0.277. The summed E-state index contributed by atoms with van der Waals surface area (Å²) in [7, 11) is 0. The lowest BCUT2D eigenvalue weighted by atomic mass is 9.89. The Morgan fingerprint density at radius 1 is 1.43 bits per heavy atom. The maximum Gasteiger partial charge on any atom is 0.243 e. The van der Waals surface area contributed by atoms with E-state index < -0.39 is 5.54 Å². The number of nitrogens with two attached hydrogens (primary N) is 1. The molecule has 1 aromatic carbocycles. The molecule has 0 aromatic heterocycles. The number of carbonyl (C=O) groups excluding carboxylic acids is 1. The van der Waals surface area contributed by atoms with E-state index in [1.807, 2.05) is 24.3 Å². The number of hydrogen-bond acceptors (Lipinski definition) is 3. The summed E-state index contributed by atoms with van der Waals surface area (Å²) < 4.78 is 0. The van der Waals surface area contributed by atoms with E-state index >= 15 is 0 Å². The number of carbonyl (C=O) groups is 1. The van der Waals surface area contributed by atoms with Crippen LogP contribution in [0, 0.1) is 0 Å². The zero-order valence-corrected chi connectivity index (χ0v) is 13.3. The number of nitrogens with zero attached hydrogens (tertiary/aromatic N) is 1. The summed E-state index contributed by atoms with van der Waals surface area (Å²) in [5.41, 5.74) is 5.90. The van der Waals surface area contributed by atoms with Crippen LogP contribution in [0.1, 0.15) is 32.6 Å². The summed E-state index contributed by atoms with van der Waals surface area (Å²) in [6, 6.07) is 7.45. The van der Waals surface area contributed by atoms with Gasteiger partial charge in [-0.05, 0) is 57.0 Å². The van der Waals surface area contributed by atoms with Crippen LogP contribution in [0.25, 0.3) is 0 Å². The zero-order chi connectivity index (χ0) is 15.3. The van der Waals surface area contributed by atoms with Crippen LogP contribution in [-0.4, -0.2) is 36.0 Å². The number of rotatable bonds is 5. The van der Waals surface area contributed by atoms with E-state index in [-0.39, 0.29) is 5.91 Å². The van der Waals surface area contributed by atoms with E-state index in [4.69, 9.17) is 17.3 Å². The standard InChI is InChI=1S/C16H24ClN3O/c1-2-9-20-10-4-7-16(8-11-20,15(18)21)19-14-6-3-5-13(17)12-14/h3,5-6,12,19H,2,4,7-11H2,1H3,(H2,18,21). The molecule has 116 valence electrons. The highest BCUT2D eigenvalue weighted by molar-refractivity contribution is 6.30. The number of likely N-dealkylation sites (tertiary alicyclic amines) is 1. The van der Waals surface area contributed by atoms with Gasteiger partial charge in [0.25, 0.3) is 0 Å². The average molecular weight is 310 g/mol. The van der Waals surface area contributed by atoms with E-state index in [0.29, 0.717) is 5.02 Å². The van der Waals surface area contributed by atoms with Crippen LogP contribution in [0.2, 0.25) is 5.02 Å². The Balaban J connectivity index is 2.15. The van der Waals surface area contributed by atoms with Gasteiger partial charge in [0.15, 0.2) is 0 Å². The quantitative estimate of drug-likeness (QED) is 0.879. The highest BCUT2D eigenvalue weighted by Crippen LogP contribution is 2.28. The van der Waals surface area contributed by atoms with Crippen LogP contribution in [0.5, 0.6) is 0 Å². The largest absolute Gasteiger partial charge is 0.371 e. The Morgan fingerprint density at radius 3 is 2.90 bits per heavy atom. The number of benzene rings is 1. The number of halogens is 1. The topological polar surface area (TPSA) is 58.4 Å². The molecule has 0 saturated carbocycles. The normalized spacial score (nSPS) is 23.5. The van der Waals surface area contributed by atoms with Gasteiger partial charge in [-0.25, -0.2) is 0 Å². The minimum Gasteiger partial charge on any atom is -0.371 e. The van der Waals surface area contributed by atoms with Gasteiger partial charge in [-0.15, -0.1) is 0 Å². The van der Waals surface area contributed by atoms with Gasteiger partial charge in [-0.2, -0.15) is 0 Å². The first-order chi connectivity index (χ1) is 10.1. The van der Waals surface area contributed by atoms with Crippen LogP contribution >= 0.6 is 11.6 Å². The van der Waals surface area contributed by atoms with Gasteiger partial charge < -0.3 is 16.0 Å². The van der Waals surface area contributed by atoms with Crippen LogP contribution in [-0.2, 0) is 4.79 Å². The van der Waals surface area contributed by atoms with E-state index in [9.17, 15) is 4.79 Å². The highest BCUT2D eigenvalue weighted by Gasteiger charge is 2.38. The molecule has 5 heteroatoms. The minimum absolute atomic E-state index is 0.277. The van der Waals surface area contributed by atoms with Gasteiger partial charge in [0.2, 0.25) is 5.91 Å². The molecule has 1 atom stereocenters. The lowest BCUT2D eigenvalue weighted by Gasteiger charge is -2.32. The molecule has 1 aromatic rings. The second kappa shape index (κ2) is 7.14. The van der Waals surface area contributed by atoms with Crippen LogP contribution in [0.3, 0.4) is 0 Å². The van der Waals surface area contributed by atoms with Gasteiger partial charge in [-0.1, -0.05) is 24.6 Å². The molecule has 0 spiro atoms. The second-order valence-electron chi connectivity index (χ2n) is 5.78. The van der Waals surface area contributed by atoms with Gasteiger partial charge in [0.05, 0.1) is 0 Å². The molecule has 1 saturated heterocycles.